The van der Waals surface area contributed by atoms with Crippen LogP contribution in [0.25, 0.3) is 0 Å². The molecule has 28 heteroatoms. The first-order valence-electron chi connectivity index (χ1n) is 23.5. The monoisotopic (exact) mass is 1070 g/mol. The van der Waals surface area contributed by atoms with Crippen molar-refractivity contribution in [3.63, 3.8) is 0 Å². The van der Waals surface area contributed by atoms with E-state index < -0.39 is 127 Å². The Bertz CT molecular complexity index is 2380. The number of carbonyl (C=O) groups is 11. The average Bonchev–Trinajstić information content (AvgIpc) is 3.85. The summed E-state index contributed by atoms with van der Waals surface area (Å²) in [4.78, 5) is 150. The number of nitrogens with zero attached hydrogens (tertiary/aromatic N) is 2. The molecule has 0 aromatic heterocycles. The lowest BCUT2D eigenvalue weighted by molar-refractivity contribution is -0.142. The van der Waals surface area contributed by atoms with Crippen molar-refractivity contribution in [1.29, 1.82) is 5.41 Å². The van der Waals surface area contributed by atoms with E-state index in [1.165, 1.54) is 17.0 Å². The standard InChI is InChI=1S/C46H64N14O12S2/c1-59(46(51)72)43(70)29(9-5-18-52-45(49)50)55-42(69)34-10-6-19-60(34)44(71)33-24-74-73-20-17-37(64)53-30(22-26-11-13-27(61)14-12-26)39(66)56-31(21-25-7-3-2-4-8-25)40(67)54-28(15-16-35(47)62)38(65)57-32(23-36(48)63)41(68)58-33/h2-4,7-8,11-14,28-34,61H,5-6,9-10,15-24H2,1H3,(H2,47,62)(H2,48,63)(H2,51,72)(H,53,64)(H,54,67)(H,55,69)(H,56,66)(H,57,65)(H,58,68)(H4,49,50,52). The number of likely N-dealkylation sites (N-methyl/N-ethyl adjacent to an activating group) is 1. The van der Waals surface area contributed by atoms with Crippen LogP contribution in [0.3, 0.4) is 0 Å². The SMILES string of the molecule is CN(C(N)=O)C(=O)C(CCCNC(=N)N)NC(=O)C1CCCN1C(=O)C1CSSCCC(=O)NC(Cc2ccc(O)cc2)C(=O)NC(Cc2ccccc2)C(=O)NC(CCC(N)=O)C(=O)NC(CC(N)=O)C(=O)N1. The fraction of sp³-hybridized carbons (Fsp3) is 0.478. The van der Waals surface area contributed by atoms with Crippen molar-refractivity contribution in [3.05, 3.63) is 65.7 Å². The highest BCUT2D eigenvalue weighted by atomic mass is 33.1. The van der Waals surface area contributed by atoms with Crippen LogP contribution in [-0.2, 0) is 60.8 Å². The molecule has 2 aliphatic heterocycles. The Labute approximate surface area is 434 Å². The molecule has 74 heavy (non-hydrogen) atoms. The van der Waals surface area contributed by atoms with Crippen molar-refractivity contribution in [2.75, 3.05) is 31.6 Å². The maximum Gasteiger partial charge on any atom is 0.321 e. The largest absolute Gasteiger partial charge is 0.508 e. The summed E-state index contributed by atoms with van der Waals surface area (Å²) in [5, 5.41) is 35.4. The Morgan fingerprint density at radius 3 is 2.00 bits per heavy atom. The van der Waals surface area contributed by atoms with Crippen LogP contribution < -0.4 is 60.2 Å². The molecule has 2 aromatic rings. The lowest BCUT2D eigenvalue weighted by Crippen LogP contribution is -2.61. The summed E-state index contributed by atoms with van der Waals surface area (Å²) in [5.74, 6) is -9.24. The van der Waals surface area contributed by atoms with E-state index >= 15 is 0 Å². The van der Waals surface area contributed by atoms with Crippen LogP contribution in [0.1, 0.15) is 62.5 Å². The normalized spacial score (nSPS) is 21.7. The number of amides is 12. The van der Waals surface area contributed by atoms with Gasteiger partial charge in [0.2, 0.25) is 53.2 Å². The fourth-order valence-electron chi connectivity index (χ4n) is 7.84. The molecule has 0 aliphatic carbocycles. The fourth-order valence-corrected chi connectivity index (χ4v) is 9.99. The van der Waals surface area contributed by atoms with Crippen LogP contribution in [0.4, 0.5) is 4.79 Å². The van der Waals surface area contributed by atoms with Gasteiger partial charge in [-0.05, 0) is 55.4 Å². The predicted molar refractivity (Wildman–Crippen MR) is 272 cm³/mol. The number of phenolic OH excluding ortho intramolecular Hbond substituents is 1. The van der Waals surface area contributed by atoms with Gasteiger partial charge in [-0.3, -0.25) is 58.3 Å². The van der Waals surface area contributed by atoms with Crippen LogP contribution in [0.2, 0.25) is 0 Å². The van der Waals surface area contributed by atoms with Gasteiger partial charge in [0, 0.05) is 57.3 Å². The topological polar surface area (TPSA) is 427 Å². The zero-order chi connectivity index (χ0) is 54.5. The number of aromatic hydroxyl groups is 1. The van der Waals surface area contributed by atoms with Gasteiger partial charge in [-0.1, -0.05) is 64.1 Å². The number of primary amides is 3. The van der Waals surface area contributed by atoms with E-state index in [9.17, 15) is 57.8 Å². The van der Waals surface area contributed by atoms with Crippen LogP contribution in [-0.4, -0.2) is 160 Å². The second-order valence-electron chi connectivity index (χ2n) is 17.4. The van der Waals surface area contributed by atoms with E-state index in [-0.39, 0.29) is 74.8 Å². The third-order valence-electron chi connectivity index (χ3n) is 11.7. The minimum Gasteiger partial charge on any atom is -0.508 e. The molecule has 17 N–H and O–H groups in total. The Morgan fingerprint density at radius 2 is 1.38 bits per heavy atom. The summed E-state index contributed by atoms with van der Waals surface area (Å²) in [7, 11) is 3.30. The summed E-state index contributed by atoms with van der Waals surface area (Å²) >= 11 is 0. The van der Waals surface area contributed by atoms with Gasteiger partial charge in [-0.15, -0.1) is 0 Å². The smallest absolute Gasteiger partial charge is 0.321 e. The Hall–Kier alpha value is -7.62. The van der Waals surface area contributed by atoms with E-state index in [0.29, 0.717) is 22.4 Å². The second kappa shape index (κ2) is 29.2. The molecule has 402 valence electrons. The highest BCUT2D eigenvalue weighted by molar-refractivity contribution is 8.76. The van der Waals surface area contributed by atoms with Gasteiger partial charge in [0.1, 0.15) is 48.0 Å². The van der Waals surface area contributed by atoms with Gasteiger partial charge in [-0.2, -0.15) is 0 Å². The first-order valence-corrected chi connectivity index (χ1v) is 26.0. The van der Waals surface area contributed by atoms with Gasteiger partial charge < -0.3 is 70.2 Å². The number of likely N-dealkylation sites (tertiary alicyclic amines) is 1. The average molecular weight is 1070 g/mol. The number of carbonyl (C=O) groups excluding carboxylic acids is 11. The minimum atomic E-state index is -1.78. The zero-order valence-electron chi connectivity index (χ0n) is 40.6. The molecule has 4 rings (SSSR count). The zero-order valence-corrected chi connectivity index (χ0v) is 42.2. The van der Waals surface area contributed by atoms with Crippen LogP contribution >= 0.6 is 21.6 Å². The number of imide groups is 1. The summed E-state index contributed by atoms with van der Waals surface area (Å²) in [6.45, 7) is 0.148. The molecular formula is C46H64N14O12S2. The summed E-state index contributed by atoms with van der Waals surface area (Å²) < 4.78 is 0. The van der Waals surface area contributed by atoms with Crippen molar-refractivity contribution in [1.82, 2.24) is 47.0 Å². The van der Waals surface area contributed by atoms with E-state index in [4.69, 9.17) is 28.3 Å². The van der Waals surface area contributed by atoms with Crippen molar-refractivity contribution < 1.29 is 57.8 Å². The van der Waals surface area contributed by atoms with Crippen LogP contribution in [0.5, 0.6) is 5.75 Å². The maximum absolute atomic E-state index is 14.6. The number of guanidine groups is 1. The minimum absolute atomic E-state index is 0.0104. The molecular weight excluding hydrogens is 1000 g/mol. The molecule has 26 nitrogen and oxygen atoms in total. The molecule has 2 aromatic carbocycles. The highest BCUT2D eigenvalue weighted by Gasteiger charge is 2.41. The van der Waals surface area contributed by atoms with E-state index in [1.54, 1.807) is 42.5 Å². The van der Waals surface area contributed by atoms with Crippen molar-refractivity contribution in [3.8, 4) is 5.75 Å². The van der Waals surface area contributed by atoms with E-state index in [1.807, 2.05) is 0 Å². The van der Waals surface area contributed by atoms with E-state index in [2.05, 4.69) is 37.2 Å². The highest BCUT2D eigenvalue weighted by Crippen LogP contribution is 2.26. The summed E-state index contributed by atoms with van der Waals surface area (Å²) in [6, 6.07) is 3.27. The molecule has 12 amide bonds. The molecule has 0 saturated carbocycles. The van der Waals surface area contributed by atoms with Crippen LogP contribution in [0.15, 0.2) is 54.6 Å². The molecule has 0 bridgehead atoms. The number of hydrogen-bond donors (Lipinski definition) is 13. The lowest BCUT2D eigenvalue weighted by Gasteiger charge is -2.31. The number of nitrogens with one attached hydrogen (secondary N) is 8. The summed E-state index contributed by atoms with van der Waals surface area (Å²) in [6.07, 6.45) is -1.46. The second-order valence-corrected chi connectivity index (χ2v) is 20.1. The molecule has 2 fully saturated rings. The van der Waals surface area contributed by atoms with Crippen molar-refractivity contribution in [2.24, 2.45) is 22.9 Å². The molecule has 0 radical (unpaired) electrons. The van der Waals surface area contributed by atoms with Gasteiger partial charge in [0.05, 0.1) is 6.42 Å². The van der Waals surface area contributed by atoms with Crippen LogP contribution in [0, 0.1) is 5.41 Å². The van der Waals surface area contributed by atoms with Gasteiger partial charge in [0.15, 0.2) is 5.96 Å². The van der Waals surface area contributed by atoms with Gasteiger partial charge >= 0.3 is 6.03 Å². The first kappa shape index (κ1) is 58.9. The van der Waals surface area contributed by atoms with E-state index in [0.717, 1.165) is 28.6 Å². The quantitative estimate of drug-likeness (QED) is 0.0321. The van der Waals surface area contributed by atoms with Gasteiger partial charge in [-0.25, -0.2) is 4.79 Å². The number of rotatable bonds is 17. The molecule has 7 atom stereocenters. The molecule has 2 saturated heterocycles. The Balaban J connectivity index is 1.69. The number of benzene rings is 2. The predicted octanol–water partition coefficient (Wildman–Crippen LogP) is -3.20. The van der Waals surface area contributed by atoms with Gasteiger partial charge in [0.25, 0.3) is 5.91 Å². The molecule has 0 spiro atoms. The third-order valence-corrected chi connectivity index (χ3v) is 14.2. The third kappa shape index (κ3) is 19.1. The Morgan fingerprint density at radius 1 is 0.784 bits per heavy atom. The molecule has 2 heterocycles. The molecule has 2 aliphatic rings. The first-order chi connectivity index (χ1) is 35.1. The summed E-state index contributed by atoms with van der Waals surface area (Å²) in [5.41, 5.74) is 22.8. The number of phenols is 1. The van der Waals surface area contributed by atoms with Crippen molar-refractivity contribution >= 4 is 92.7 Å². The Kier molecular flexibility index (Phi) is 23.2. The number of nitrogens with two attached hydrogens (primary N) is 4. The number of urea groups is 1. The number of hydrogen-bond acceptors (Lipinski definition) is 15. The van der Waals surface area contributed by atoms with Crippen molar-refractivity contribution in [2.45, 2.75) is 107 Å². The molecule has 7 unspecified atom stereocenters. The lowest BCUT2D eigenvalue weighted by atomic mass is 10.0. The maximum atomic E-state index is 14.6.